The van der Waals surface area contributed by atoms with Crippen molar-refractivity contribution in [3.63, 3.8) is 0 Å². The summed E-state index contributed by atoms with van der Waals surface area (Å²) in [6.45, 7) is 0. The Balaban J connectivity index is 1.98. The van der Waals surface area contributed by atoms with Crippen molar-refractivity contribution < 1.29 is 8.81 Å². The fourth-order valence-corrected chi connectivity index (χ4v) is 2.59. The van der Waals surface area contributed by atoms with Crippen LogP contribution >= 0.6 is 11.6 Å². The molecule has 0 spiro atoms. The summed E-state index contributed by atoms with van der Waals surface area (Å²) < 4.78 is 19.0. The van der Waals surface area contributed by atoms with Crippen LogP contribution in [-0.4, -0.2) is 4.98 Å². The summed E-state index contributed by atoms with van der Waals surface area (Å²) in [5.41, 5.74) is 2.15. The first kappa shape index (κ1) is 12.4. The Bertz CT molecular complexity index is 977. The van der Waals surface area contributed by atoms with Gasteiger partial charge in [-0.25, -0.2) is 9.37 Å². The Morgan fingerprint density at radius 3 is 2.71 bits per heavy atom. The second kappa shape index (κ2) is 4.57. The van der Waals surface area contributed by atoms with Gasteiger partial charge in [-0.1, -0.05) is 41.9 Å². The van der Waals surface area contributed by atoms with E-state index >= 15 is 0 Å². The van der Waals surface area contributed by atoms with Crippen LogP contribution in [0.4, 0.5) is 4.39 Å². The fourth-order valence-electron chi connectivity index (χ4n) is 2.41. The van der Waals surface area contributed by atoms with E-state index in [0.29, 0.717) is 17.0 Å². The van der Waals surface area contributed by atoms with Gasteiger partial charge in [-0.2, -0.15) is 0 Å². The summed E-state index contributed by atoms with van der Waals surface area (Å²) in [5, 5.41) is 2.18. The van der Waals surface area contributed by atoms with Crippen molar-refractivity contribution in [2.75, 3.05) is 0 Å². The van der Waals surface area contributed by atoms with Crippen molar-refractivity contribution >= 4 is 33.5 Å². The molecule has 0 amide bonds. The van der Waals surface area contributed by atoms with E-state index in [9.17, 15) is 4.39 Å². The first-order valence-electron chi connectivity index (χ1n) is 6.46. The number of hydrogen-bond acceptors (Lipinski definition) is 2. The number of rotatable bonds is 1. The predicted octanol–water partition coefficient (Wildman–Crippen LogP) is 5.44. The molecule has 4 heteroatoms. The normalized spacial score (nSPS) is 11.3. The number of aromatic nitrogens is 1. The van der Waals surface area contributed by atoms with Crippen molar-refractivity contribution in [1.82, 2.24) is 4.98 Å². The molecule has 1 heterocycles. The van der Waals surface area contributed by atoms with E-state index < -0.39 is 5.82 Å². The molecule has 0 atom stereocenters. The molecule has 0 saturated heterocycles. The second-order valence-corrected chi connectivity index (χ2v) is 5.19. The highest BCUT2D eigenvalue weighted by Gasteiger charge is 2.12. The summed E-state index contributed by atoms with van der Waals surface area (Å²) in [4.78, 5) is 4.53. The molecule has 0 aliphatic heterocycles. The molecule has 102 valence electrons. The summed E-state index contributed by atoms with van der Waals surface area (Å²) >= 11 is 5.81. The van der Waals surface area contributed by atoms with Gasteiger partial charge < -0.3 is 4.42 Å². The third-order valence-electron chi connectivity index (χ3n) is 3.45. The summed E-state index contributed by atoms with van der Waals surface area (Å²) in [6.07, 6.45) is 0. The monoisotopic (exact) mass is 297 g/mol. The average Bonchev–Trinajstić information content (AvgIpc) is 2.94. The topological polar surface area (TPSA) is 26.0 Å². The SMILES string of the molecule is Fc1ccc(-c2nc3c(ccc4ccccc43)o2)cc1Cl. The Labute approximate surface area is 124 Å². The van der Waals surface area contributed by atoms with E-state index in [1.165, 1.54) is 12.1 Å². The number of fused-ring (bicyclic) bond motifs is 3. The lowest BCUT2D eigenvalue weighted by Crippen LogP contribution is -1.81. The van der Waals surface area contributed by atoms with E-state index in [0.717, 1.165) is 16.3 Å². The van der Waals surface area contributed by atoms with Crippen LogP contribution in [0.15, 0.2) is 59.0 Å². The van der Waals surface area contributed by atoms with E-state index in [1.54, 1.807) is 6.07 Å². The van der Waals surface area contributed by atoms with Crippen LogP contribution in [-0.2, 0) is 0 Å². The second-order valence-electron chi connectivity index (χ2n) is 4.78. The minimum absolute atomic E-state index is 0.0552. The number of halogens is 2. The quantitative estimate of drug-likeness (QED) is 0.467. The third-order valence-corrected chi connectivity index (χ3v) is 3.74. The number of hydrogen-bond donors (Lipinski definition) is 0. The summed E-state index contributed by atoms with van der Waals surface area (Å²) in [7, 11) is 0. The van der Waals surface area contributed by atoms with E-state index in [2.05, 4.69) is 4.98 Å². The zero-order valence-electron chi connectivity index (χ0n) is 10.8. The number of oxazole rings is 1. The lowest BCUT2D eigenvalue weighted by atomic mass is 10.1. The van der Waals surface area contributed by atoms with E-state index in [-0.39, 0.29) is 5.02 Å². The summed E-state index contributed by atoms with van der Waals surface area (Å²) in [5.74, 6) is -0.0229. The zero-order chi connectivity index (χ0) is 14.4. The van der Waals surface area contributed by atoms with Gasteiger partial charge in [0.1, 0.15) is 11.3 Å². The highest BCUT2D eigenvalue weighted by Crippen LogP contribution is 2.31. The maximum atomic E-state index is 13.2. The Kier molecular flexibility index (Phi) is 2.69. The van der Waals surface area contributed by atoms with Gasteiger partial charge in [0.2, 0.25) is 5.89 Å². The lowest BCUT2D eigenvalue weighted by Gasteiger charge is -1.97. The molecule has 0 aliphatic rings. The van der Waals surface area contributed by atoms with Crippen molar-refractivity contribution in [1.29, 1.82) is 0 Å². The van der Waals surface area contributed by atoms with E-state index in [1.807, 2.05) is 36.4 Å². The fraction of sp³-hybridized carbons (Fsp3) is 0. The van der Waals surface area contributed by atoms with Crippen LogP contribution in [0.2, 0.25) is 5.02 Å². The Morgan fingerprint density at radius 1 is 1.00 bits per heavy atom. The van der Waals surface area contributed by atoms with E-state index in [4.69, 9.17) is 16.0 Å². The predicted molar refractivity (Wildman–Crippen MR) is 81.9 cm³/mol. The molecule has 21 heavy (non-hydrogen) atoms. The van der Waals surface area contributed by atoms with Crippen LogP contribution in [0, 0.1) is 5.82 Å². The number of nitrogens with zero attached hydrogens (tertiary/aromatic N) is 1. The first-order chi connectivity index (χ1) is 10.2. The molecule has 2 nitrogen and oxygen atoms in total. The van der Waals surface area contributed by atoms with Crippen LogP contribution in [0.1, 0.15) is 0 Å². The molecule has 0 saturated carbocycles. The molecule has 0 unspecified atom stereocenters. The van der Waals surface area contributed by atoms with Gasteiger partial charge in [0.25, 0.3) is 0 Å². The van der Waals surface area contributed by atoms with Crippen molar-refractivity contribution in [2.24, 2.45) is 0 Å². The molecule has 0 bridgehead atoms. The van der Waals surface area contributed by atoms with Gasteiger partial charge in [-0.05, 0) is 29.7 Å². The zero-order valence-corrected chi connectivity index (χ0v) is 11.6. The lowest BCUT2D eigenvalue weighted by molar-refractivity contribution is 0.616. The Morgan fingerprint density at radius 2 is 1.86 bits per heavy atom. The molecule has 0 fully saturated rings. The van der Waals surface area contributed by atoms with Crippen molar-refractivity contribution in [3.05, 3.63) is 65.4 Å². The van der Waals surface area contributed by atoms with Crippen LogP contribution in [0.5, 0.6) is 0 Å². The van der Waals surface area contributed by atoms with Crippen molar-refractivity contribution in [3.8, 4) is 11.5 Å². The molecule has 1 aromatic heterocycles. The van der Waals surface area contributed by atoms with Crippen LogP contribution in [0.3, 0.4) is 0 Å². The minimum Gasteiger partial charge on any atom is -0.436 e. The molecule has 0 radical (unpaired) electrons. The molecule has 0 N–H and O–H groups in total. The minimum atomic E-state index is -0.457. The van der Waals surface area contributed by atoms with Crippen LogP contribution < -0.4 is 0 Å². The Hall–Kier alpha value is -2.39. The molecule has 4 aromatic rings. The molecule has 4 rings (SSSR count). The standard InChI is InChI=1S/C17H9ClFNO/c18-13-9-11(5-7-14(13)19)17-20-16-12-4-2-1-3-10(12)6-8-15(16)21-17/h1-9H. The summed E-state index contributed by atoms with van der Waals surface area (Å²) in [6, 6.07) is 16.3. The maximum Gasteiger partial charge on any atom is 0.227 e. The molecular weight excluding hydrogens is 289 g/mol. The van der Waals surface area contributed by atoms with Gasteiger partial charge in [-0.15, -0.1) is 0 Å². The smallest absolute Gasteiger partial charge is 0.227 e. The van der Waals surface area contributed by atoms with Crippen molar-refractivity contribution in [2.45, 2.75) is 0 Å². The number of benzene rings is 3. The molecule has 3 aromatic carbocycles. The van der Waals surface area contributed by atoms with Gasteiger partial charge >= 0.3 is 0 Å². The molecule has 0 aliphatic carbocycles. The average molecular weight is 298 g/mol. The maximum absolute atomic E-state index is 13.2. The largest absolute Gasteiger partial charge is 0.436 e. The highest BCUT2D eigenvalue weighted by molar-refractivity contribution is 6.31. The van der Waals surface area contributed by atoms with Crippen LogP contribution in [0.25, 0.3) is 33.3 Å². The van der Waals surface area contributed by atoms with Gasteiger partial charge in [0.15, 0.2) is 5.58 Å². The van der Waals surface area contributed by atoms with Gasteiger partial charge in [0, 0.05) is 10.9 Å². The third kappa shape index (κ3) is 1.98. The highest BCUT2D eigenvalue weighted by atomic mass is 35.5. The first-order valence-corrected chi connectivity index (χ1v) is 6.84. The van der Waals surface area contributed by atoms with Gasteiger partial charge in [-0.3, -0.25) is 0 Å². The molecular formula is C17H9ClFNO. The van der Waals surface area contributed by atoms with Gasteiger partial charge in [0.05, 0.1) is 5.02 Å².